The predicted octanol–water partition coefficient (Wildman–Crippen LogP) is 2.93. The number of nitrogens with two attached hydrogens (primary N) is 1. The summed E-state index contributed by atoms with van der Waals surface area (Å²) in [6, 6.07) is 5.25. The third kappa shape index (κ3) is 6.22. The van der Waals surface area contributed by atoms with Crippen LogP contribution in [-0.2, 0) is 11.4 Å². The largest absolute Gasteiger partial charge is 0.485 e. The minimum atomic E-state index is -1.18. The minimum Gasteiger partial charge on any atom is -0.485 e. The summed E-state index contributed by atoms with van der Waals surface area (Å²) >= 11 is 0. The van der Waals surface area contributed by atoms with Crippen molar-refractivity contribution >= 4 is 18.0 Å². The summed E-state index contributed by atoms with van der Waals surface area (Å²) in [7, 11) is 0. The van der Waals surface area contributed by atoms with Crippen LogP contribution in [0, 0.1) is 25.5 Å². The molecule has 0 fully saturated rings. The molecule has 0 saturated carbocycles. The highest BCUT2D eigenvalue weighted by molar-refractivity contribution is 5.95. The van der Waals surface area contributed by atoms with Crippen LogP contribution < -0.4 is 15.8 Å². The van der Waals surface area contributed by atoms with Crippen molar-refractivity contribution in [3.05, 3.63) is 64.6 Å². The van der Waals surface area contributed by atoms with E-state index < -0.39 is 29.8 Å². The maximum Gasteiger partial charge on any atom is 0.290 e. The number of hydrogen-bond donors (Lipinski definition) is 3. The molecule has 0 aliphatic carbocycles. The Morgan fingerprint density at radius 2 is 1.94 bits per heavy atom. The fraction of sp³-hybridized carbons (Fsp3) is 0.318. The molecule has 0 aliphatic rings. The molecule has 3 rings (SSSR count). The third-order valence-electron chi connectivity index (χ3n) is 4.60. The Morgan fingerprint density at radius 3 is 2.52 bits per heavy atom. The number of aromatic nitrogens is 2. The van der Waals surface area contributed by atoms with E-state index in [0.717, 1.165) is 17.7 Å². The summed E-state index contributed by atoms with van der Waals surface area (Å²) in [4.78, 5) is 25.4. The fourth-order valence-corrected chi connectivity index (χ4v) is 2.97. The van der Waals surface area contributed by atoms with Gasteiger partial charge < -0.3 is 20.9 Å². The SMILES string of the molecule is Cc1cc(OCc2c(F)cccc2F)c2nc(C)c(C(=O)NC[C@@](C)(N)CF)n2c1.O=CO. The van der Waals surface area contributed by atoms with Gasteiger partial charge in [-0.3, -0.25) is 14.0 Å². The first kappa shape index (κ1) is 25.7. The number of nitrogens with one attached hydrogen (secondary N) is 1. The minimum absolute atomic E-state index is 0.0588. The molecule has 1 aromatic carbocycles. The van der Waals surface area contributed by atoms with Gasteiger partial charge in [0.25, 0.3) is 12.4 Å². The number of benzene rings is 1. The van der Waals surface area contributed by atoms with Gasteiger partial charge in [-0.1, -0.05) is 6.07 Å². The Bertz CT molecular complexity index is 1130. The molecule has 4 N–H and O–H groups in total. The first-order valence-electron chi connectivity index (χ1n) is 9.80. The Labute approximate surface area is 188 Å². The van der Waals surface area contributed by atoms with E-state index in [4.69, 9.17) is 20.4 Å². The molecule has 33 heavy (non-hydrogen) atoms. The number of carboxylic acid groups (broad SMARTS) is 1. The van der Waals surface area contributed by atoms with Crippen molar-refractivity contribution in [2.75, 3.05) is 13.2 Å². The van der Waals surface area contributed by atoms with Crippen molar-refractivity contribution in [1.29, 1.82) is 0 Å². The first-order chi connectivity index (χ1) is 15.5. The second kappa shape index (κ2) is 10.8. The number of rotatable bonds is 7. The number of carbonyl (C=O) groups excluding carboxylic acids is 1. The number of carbonyl (C=O) groups is 2. The molecule has 0 spiro atoms. The quantitative estimate of drug-likeness (QED) is 0.461. The Balaban J connectivity index is 0.00000122. The van der Waals surface area contributed by atoms with Gasteiger partial charge in [0.05, 0.1) is 16.8 Å². The summed E-state index contributed by atoms with van der Waals surface area (Å²) in [5.74, 6) is -1.62. The van der Waals surface area contributed by atoms with Gasteiger partial charge in [-0.15, -0.1) is 0 Å². The van der Waals surface area contributed by atoms with Gasteiger partial charge in [-0.05, 0) is 44.5 Å². The van der Waals surface area contributed by atoms with Crippen LogP contribution in [0.3, 0.4) is 0 Å². The van der Waals surface area contributed by atoms with Gasteiger partial charge in [-0.2, -0.15) is 0 Å². The van der Waals surface area contributed by atoms with Crippen molar-refractivity contribution < 1.29 is 32.6 Å². The lowest BCUT2D eigenvalue weighted by Gasteiger charge is -2.20. The van der Waals surface area contributed by atoms with E-state index in [9.17, 15) is 18.0 Å². The standard InChI is InChI=1S/C21H23F3N4O2.CH2O2/c1-12-7-17(30-9-14-15(23)5-4-6-16(14)24)19-27-13(2)18(28(19)8-12)20(29)26-11-21(3,25)10-22;2-1-3/h4-8H,9-11,25H2,1-3H3,(H,26,29);1H,(H,2,3)/t21-;/m0./s1. The number of ether oxygens (including phenoxy) is 1. The number of hydrogen-bond acceptors (Lipinski definition) is 5. The predicted molar refractivity (Wildman–Crippen MR) is 115 cm³/mol. The lowest BCUT2D eigenvalue weighted by atomic mass is 10.1. The number of pyridine rings is 1. The number of imidazole rings is 1. The van der Waals surface area contributed by atoms with Crippen LogP contribution >= 0.6 is 0 Å². The molecule has 2 heterocycles. The normalized spacial score (nSPS) is 12.5. The molecule has 0 bridgehead atoms. The molecular formula is C22H25F3N4O4. The van der Waals surface area contributed by atoms with Gasteiger partial charge in [0.1, 0.15) is 30.6 Å². The Kier molecular flexibility index (Phi) is 8.41. The number of alkyl halides is 1. The Morgan fingerprint density at radius 1 is 1.33 bits per heavy atom. The van der Waals surface area contributed by atoms with Crippen LogP contribution in [0.2, 0.25) is 0 Å². The number of fused-ring (bicyclic) bond motifs is 1. The first-order valence-corrected chi connectivity index (χ1v) is 9.80. The lowest BCUT2D eigenvalue weighted by molar-refractivity contribution is -0.122. The van der Waals surface area contributed by atoms with Crippen molar-refractivity contribution in [2.24, 2.45) is 5.73 Å². The molecular weight excluding hydrogens is 441 g/mol. The summed E-state index contributed by atoms with van der Waals surface area (Å²) in [5, 5.41) is 9.51. The highest BCUT2D eigenvalue weighted by Crippen LogP contribution is 2.26. The Hall–Kier alpha value is -3.60. The average molecular weight is 466 g/mol. The summed E-state index contributed by atoms with van der Waals surface area (Å²) < 4.78 is 47.9. The van der Waals surface area contributed by atoms with E-state index in [1.165, 1.54) is 17.4 Å². The van der Waals surface area contributed by atoms with Gasteiger partial charge in [0.2, 0.25) is 0 Å². The van der Waals surface area contributed by atoms with Crippen molar-refractivity contribution in [2.45, 2.75) is 32.9 Å². The van der Waals surface area contributed by atoms with Crippen LogP contribution in [0.25, 0.3) is 5.65 Å². The monoisotopic (exact) mass is 466 g/mol. The number of aryl methyl sites for hydroxylation is 2. The zero-order valence-electron chi connectivity index (χ0n) is 18.4. The fourth-order valence-electron chi connectivity index (χ4n) is 2.97. The number of nitrogens with zero attached hydrogens (tertiary/aromatic N) is 2. The van der Waals surface area contributed by atoms with Crippen molar-refractivity contribution in [3.8, 4) is 5.75 Å². The van der Waals surface area contributed by atoms with E-state index in [0.29, 0.717) is 11.3 Å². The third-order valence-corrected chi connectivity index (χ3v) is 4.60. The van der Waals surface area contributed by atoms with Crippen LogP contribution in [0.5, 0.6) is 5.75 Å². The summed E-state index contributed by atoms with van der Waals surface area (Å²) in [6.45, 7) is 3.49. The van der Waals surface area contributed by atoms with E-state index in [1.54, 1.807) is 26.1 Å². The molecule has 2 aromatic heterocycles. The van der Waals surface area contributed by atoms with Crippen molar-refractivity contribution in [1.82, 2.24) is 14.7 Å². The molecule has 3 aromatic rings. The second-order valence-corrected chi connectivity index (χ2v) is 7.69. The molecule has 0 unspecified atom stereocenters. The van der Waals surface area contributed by atoms with E-state index in [2.05, 4.69) is 10.3 Å². The van der Waals surface area contributed by atoms with Gasteiger partial charge in [0.15, 0.2) is 11.4 Å². The average Bonchev–Trinajstić information content (AvgIpc) is 3.08. The topological polar surface area (TPSA) is 119 Å². The number of halogens is 3. The van der Waals surface area contributed by atoms with E-state index >= 15 is 0 Å². The molecule has 0 aliphatic heterocycles. The van der Waals surface area contributed by atoms with Crippen LogP contribution in [0.4, 0.5) is 13.2 Å². The van der Waals surface area contributed by atoms with Crippen LogP contribution in [0.15, 0.2) is 30.5 Å². The van der Waals surface area contributed by atoms with Crippen LogP contribution in [0.1, 0.15) is 34.2 Å². The van der Waals surface area contributed by atoms with Gasteiger partial charge >= 0.3 is 0 Å². The molecule has 0 radical (unpaired) electrons. The summed E-state index contributed by atoms with van der Waals surface area (Å²) in [6.07, 6.45) is 1.69. The number of amides is 1. The zero-order valence-corrected chi connectivity index (χ0v) is 18.4. The smallest absolute Gasteiger partial charge is 0.290 e. The summed E-state index contributed by atoms with van der Waals surface area (Å²) in [5.41, 5.74) is 6.08. The van der Waals surface area contributed by atoms with E-state index in [1.807, 2.05) is 0 Å². The zero-order chi connectivity index (χ0) is 24.8. The second-order valence-electron chi connectivity index (χ2n) is 7.69. The maximum absolute atomic E-state index is 13.9. The molecule has 1 atom stereocenters. The molecule has 1 amide bonds. The van der Waals surface area contributed by atoms with Crippen molar-refractivity contribution in [3.63, 3.8) is 0 Å². The van der Waals surface area contributed by atoms with Crippen LogP contribution in [-0.4, -0.2) is 45.6 Å². The van der Waals surface area contributed by atoms with Gasteiger partial charge in [0, 0.05) is 12.7 Å². The lowest BCUT2D eigenvalue weighted by Crippen LogP contribution is -2.49. The highest BCUT2D eigenvalue weighted by atomic mass is 19.1. The van der Waals surface area contributed by atoms with Gasteiger partial charge in [-0.25, -0.2) is 18.2 Å². The maximum atomic E-state index is 13.9. The molecule has 8 nitrogen and oxygen atoms in total. The molecule has 0 saturated heterocycles. The van der Waals surface area contributed by atoms with E-state index in [-0.39, 0.29) is 36.6 Å². The molecule has 178 valence electrons. The highest BCUT2D eigenvalue weighted by Gasteiger charge is 2.23. The molecule has 11 heteroatoms.